The average Bonchev–Trinajstić information content (AvgIpc) is 3.10. The number of nitrogens with zero attached hydrogens (tertiary/aromatic N) is 1. The molecule has 4 atom stereocenters. The monoisotopic (exact) mass is 598 g/mol. The van der Waals surface area contributed by atoms with Crippen molar-refractivity contribution < 1.29 is 14.6 Å². The molecule has 0 aromatic heterocycles. The number of rotatable bonds is 11. The predicted molar refractivity (Wildman–Crippen MR) is 180 cm³/mol. The molecule has 230 valence electrons. The highest BCUT2D eigenvalue weighted by atomic mass is 16.7. The van der Waals surface area contributed by atoms with Gasteiger partial charge in [0.15, 0.2) is 6.29 Å². The Kier molecular flexibility index (Phi) is 10.2. The highest BCUT2D eigenvalue weighted by Crippen LogP contribution is 2.42. The molecule has 1 heterocycles. The zero-order valence-electron chi connectivity index (χ0n) is 25.8. The largest absolute Gasteiger partial charge is 0.392 e. The number of hydrogen-bond donors (Lipinski definition) is 2. The first-order valence-corrected chi connectivity index (χ1v) is 15.8. The van der Waals surface area contributed by atoms with Gasteiger partial charge in [-0.15, -0.1) is 0 Å². The molecule has 45 heavy (non-hydrogen) atoms. The molecule has 3 N–H and O–H groups in total. The Morgan fingerprint density at radius 3 is 1.82 bits per heavy atom. The van der Waals surface area contributed by atoms with Gasteiger partial charge in [-0.25, -0.2) is 0 Å². The van der Waals surface area contributed by atoms with E-state index in [-0.39, 0.29) is 24.7 Å². The van der Waals surface area contributed by atoms with Crippen molar-refractivity contribution in [3.05, 3.63) is 167 Å². The molecule has 0 amide bonds. The van der Waals surface area contributed by atoms with E-state index in [1.54, 1.807) is 0 Å². The second-order valence-electron chi connectivity index (χ2n) is 12.0. The summed E-state index contributed by atoms with van der Waals surface area (Å²) in [5.41, 5.74) is 14.8. The van der Waals surface area contributed by atoms with Gasteiger partial charge in [0.05, 0.1) is 18.8 Å². The summed E-state index contributed by atoms with van der Waals surface area (Å²) >= 11 is 0. The van der Waals surface area contributed by atoms with E-state index in [1.165, 1.54) is 11.1 Å². The summed E-state index contributed by atoms with van der Waals surface area (Å²) in [6, 6.07) is 46.2. The third-order valence-electron chi connectivity index (χ3n) is 8.74. The number of benzene rings is 5. The molecule has 1 fully saturated rings. The van der Waals surface area contributed by atoms with Crippen molar-refractivity contribution in [3.63, 3.8) is 0 Å². The molecule has 0 aliphatic carbocycles. The van der Waals surface area contributed by atoms with Gasteiger partial charge in [0.2, 0.25) is 0 Å². The van der Waals surface area contributed by atoms with E-state index in [0.29, 0.717) is 6.54 Å². The Balaban J connectivity index is 1.29. The molecule has 1 aliphatic rings. The molecule has 0 radical (unpaired) electrons. The quantitative estimate of drug-likeness (QED) is 0.162. The zero-order valence-corrected chi connectivity index (χ0v) is 25.8. The Labute approximate surface area is 266 Å². The summed E-state index contributed by atoms with van der Waals surface area (Å²) in [5.74, 6) is 0.0912. The van der Waals surface area contributed by atoms with Crippen molar-refractivity contribution in [2.75, 3.05) is 6.54 Å². The van der Waals surface area contributed by atoms with Gasteiger partial charge >= 0.3 is 0 Å². The highest BCUT2D eigenvalue weighted by molar-refractivity contribution is 5.64. The van der Waals surface area contributed by atoms with Crippen LogP contribution >= 0.6 is 0 Å². The number of aliphatic hydroxyl groups excluding tert-OH is 1. The second-order valence-corrected chi connectivity index (χ2v) is 12.0. The first-order chi connectivity index (χ1) is 22.1. The normalized spacial score (nSPS) is 19.9. The van der Waals surface area contributed by atoms with E-state index in [9.17, 15) is 5.11 Å². The molecule has 0 unspecified atom stereocenters. The van der Waals surface area contributed by atoms with Crippen molar-refractivity contribution in [2.24, 2.45) is 11.7 Å². The minimum atomic E-state index is -0.520. The first kappa shape index (κ1) is 30.9. The van der Waals surface area contributed by atoms with Crippen LogP contribution in [0.1, 0.15) is 52.7 Å². The molecular weight excluding hydrogens is 556 g/mol. The summed E-state index contributed by atoms with van der Waals surface area (Å²) in [6.45, 7) is 5.15. The highest BCUT2D eigenvalue weighted by Gasteiger charge is 2.39. The number of ether oxygens (including phenoxy) is 2. The van der Waals surface area contributed by atoms with Crippen LogP contribution in [0.4, 0.5) is 0 Å². The van der Waals surface area contributed by atoms with Gasteiger partial charge in [-0.2, -0.15) is 0 Å². The lowest BCUT2D eigenvalue weighted by Gasteiger charge is -2.43. The molecule has 5 aromatic carbocycles. The zero-order chi connectivity index (χ0) is 31.0. The molecule has 0 saturated carbocycles. The topological polar surface area (TPSA) is 68.0 Å². The Morgan fingerprint density at radius 2 is 1.22 bits per heavy atom. The lowest BCUT2D eigenvalue weighted by atomic mass is 9.89. The van der Waals surface area contributed by atoms with Crippen LogP contribution in [-0.4, -0.2) is 22.7 Å². The van der Waals surface area contributed by atoms with Crippen molar-refractivity contribution in [3.8, 4) is 11.1 Å². The van der Waals surface area contributed by atoms with Crippen LogP contribution in [0.15, 0.2) is 133 Å². The van der Waals surface area contributed by atoms with E-state index < -0.39 is 6.29 Å². The van der Waals surface area contributed by atoms with Gasteiger partial charge in [0.1, 0.15) is 0 Å². The lowest BCUT2D eigenvalue weighted by Crippen LogP contribution is -2.44. The van der Waals surface area contributed by atoms with Crippen LogP contribution in [0, 0.1) is 5.92 Å². The maximum absolute atomic E-state index is 9.64. The van der Waals surface area contributed by atoms with Crippen LogP contribution in [-0.2, 0) is 35.7 Å². The van der Waals surface area contributed by atoms with Gasteiger partial charge in [0, 0.05) is 37.7 Å². The van der Waals surface area contributed by atoms with E-state index in [2.05, 4.69) is 127 Å². The molecule has 6 rings (SSSR count). The van der Waals surface area contributed by atoms with Crippen LogP contribution in [0.25, 0.3) is 11.1 Å². The van der Waals surface area contributed by atoms with Crippen LogP contribution in [0.2, 0.25) is 0 Å². The molecule has 0 bridgehead atoms. The minimum Gasteiger partial charge on any atom is -0.392 e. The lowest BCUT2D eigenvalue weighted by molar-refractivity contribution is -0.276. The molecule has 1 saturated heterocycles. The van der Waals surface area contributed by atoms with Crippen LogP contribution in [0.3, 0.4) is 0 Å². The molecule has 5 aromatic rings. The summed E-state index contributed by atoms with van der Waals surface area (Å²) in [6.07, 6.45) is -0.772. The van der Waals surface area contributed by atoms with E-state index in [4.69, 9.17) is 15.2 Å². The second kappa shape index (κ2) is 14.8. The van der Waals surface area contributed by atoms with Crippen molar-refractivity contribution in [2.45, 2.75) is 51.7 Å². The first-order valence-electron chi connectivity index (χ1n) is 15.8. The summed E-state index contributed by atoms with van der Waals surface area (Å²) in [5, 5.41) is 9.64. The van der Waals surface area contributed by atoms with E-state index >= 15 is 0 Å². The van der Waals surface area contributed by atoms with Crippen LogP contribution < -0.4 is 5.73 Å². The van der Waals surface area contributed by atoms with Crippen molar-refractivity contribution >= 4 is 0 Å². The van der Waals surface area contributed by atoms with Gasteiger partial charge < -0.3 is 20.3 Å². The SMILES string of the molecule is C[C@@H]1[C@H](CN(Cc2ccccc2)Cc2ccccc2)O[C@H](c2ccc(-c3cccc(CN)c3)cc2)O[C@@H]1c1ccc(CO)cc1. The Morgan fingerprint density at radius 1 is 0.622 bits per heavy atom. The maximum Gasteiger partial charge on any atom is 0.184 e. The van der Waals surface area contributed by atoms with E-state index in [0.717, 1.165) is 53.0 Å². The van der Waals surface area contributed by atoms with Gasteiger partial charge in [-0.05, 0) is 45.0 Å². The Bertz CT molecular complexity index is 1580. The van der Waals surface area contributed by atoms with Crippen molar-refractivity contribution in [1.82, 2.24) is 4.90 Å². The number of nitrogens with two attached hydrogens (primary N) is 1. The fourth-order valence-corrected chi connectivity index (χ4v) is 6.16. The number of hydrogen-bond acceptors (Lipinski definition) is 5. The van der Waals surface area contributed by atoms with Gasteiger partial charge in [0.25, 0.3) is 0 Å². The summed E-state index contributed by atoms with van der Waals surface area (Å²) in [7, 11) is 0. The number of aliphatic hydroxyl groups is 1. The predicted octanol–water partition coefficient (Wildman–Crippen LogP) is 7.80. The molecule has 0 spiro atoms. The molecule has 5 heteroatoms. The van der Waals surface area contributed by atoms with Gasteiger partial charge in [-0.3, -0.25) is 4.90 Å². The minimum absolute atomic E-state index is 0.0180. The molecular formula is C40H42N2O3. The fraction of sp³-hybridized carbons (Fsp3) is 0.250. The van der Waals surface area contributed by atoms with E-state index in [1.807, 2.05) is 18.2 Å². The Hall–Kier alpha value is -4.10. The standard InChI is InChI=1S/C40H42N2O3/c1-29-38(27-42(25-30-9-4-2-5-10-30)26-31-11-6-3-7-12-31)44-40(45-39(29)35-17-15-32(28-43)16-18-35)36-21-19-34(20-22-36)37-14-8-13-33(23-37)24-41/h2-23,29,38-40,43H,24-28,41H2,1H3/t29-,38+,39+,40+/m1/s1. The maximum atomic E-state index is 9.64. The van der Waals surface area contributed by atoms with Crippen LogP contribution in [0.5, 0.6) is 0 Å². The van der Waals surface area contributed by atoms with Crippen molar-refractivity contribution in [1.29, 1.82) is 0 Å². The molecule has 1 aliphatic heterocycles. The molecule has 5 nitrogen and oxygen atoms in total. The summed E-state index contributed by atoms with van der Waals surface area (Å²) in [4.78, 5) is 2.48. The third-order valence-corrected chi connectivity index (χ3v) is 8.74. The van der Waals surface area contributed by atoms with Gasteiger partial charge in [-0.1, -0.05) is 134 Å². The smallest absolute Gasteiger partial charge is 0.184 e. The third kappa shape index (κ3) is 7.77. The average molecular weight is 599 g/mol. The summed E-state index contributed by atoms with van der Waals surface area (Å²) < 4.78 is 13.6. The fourth-order valence-electron chi connectivity index (χ4n) is 6.16.